The second-order valence-corrected chi connectivity index (χ2v) is 8.59. The van der Waals surface area contributed by atoms with Gasteiger partial charge in [0.15, 0.2) is 5.78 Å². The van der Waals surface area contributed by atoms with Gasteiger partial charge < -0.3 is 4.74 Å². The molecule has 1 aliphatic heterocycles. The first kappa shape index (κ1) is 21.8. The molecule has 0 saturated carbocycles. The van der Waals surface area contributed by atoms with Crippen LogP contribution in [0.4, 0.5) is 0 Å². The third kappa shape index (κ3) is 4.47. The number of hydrogen-bond donors (Lipinski definition) is 0. The summed E-state index contributed by atoms with van der Waals surface area (Å²) in [5.41, 5.74) is 2.06. The molecule has 31 heavy (non-hydrogen) atoms. The smallest absolute Gasteiger partial charge is 0.179 e. The molecule has 1 fully saturated rings. The molecule has 0 amide bonds. The molecule has 0 aliphatic carbocycles. The Hall–Kier alpha value is -2.40. The van der Waals surface area contributed by atoms with Crippen molar-refractivity contribution in [2.45, 2.75) is 25.9 Å². The molecule has 1 saturated heterocycles. The van der Waals surface area contributed by atoms with Crippen molar-refractivity contribution >= 4 is 28.2 Å². The Morgan fingerprint density at radius 2 is 1.61 bits per heavy atom. The minimum atomic E-state index is -0.152. The van der Waals surface area contributed by atoms with Crippen LogP contribution in [0.3, 0.4) is 0 Å². The highest BCUT2D eigenvalue weighted by atomic mass is 35.5. The molecule has 0 aromatic heterocycles. The predicted molar refractivity (Wildman–Crippen MR) is 127 cm³/mol. The molecule has 1 unspecified atom stereocenters. The van der Waals surface area contributed by atoms with Crippen LogP contribution in [-0.4, -0.2) is 54.9 Å². The fourth-order valence-corrected chi connectivity index (χ4v) is 4.76. The molecule has 0 spiro atoms. The second-order valence-electron chi connectivity index (χ2n) is 8.22. The van der Waals surface area contributed by atoms with E-state index in [0.717, 1.165) is 42.5 Å². The van der Waals surface area contributed by atoms with Crippen LogP contribution in [0.2, 0.25) is 5.02 Å². The summed E-state index contributed by atoms with van der Waals surface area (Å²) in [6.07, 6.45) is 0. The minimum absolute atomic E-state index is 0.151. The number of ketones is 1. The monoisotopic (exact) mass is 436 g/mol. The van der Waals surface area contributed by atoms with Crippen molar-refractivity contribution in [3.63, 3.8) is 0 Å². The van der Waals surface area contributed by atoms with Gasteiger partial charge in [0.1, 0.15) is 5.75 Å². The number of carbonyl (C=O) groups is 1. The third-order valence-electron chi connectivity index (χ3n) is 6.53. The molecule has 162 valence electrons. The number of carbonyl (C=O) groups excluding carboxylic acids is 1. The van der Waals surface area contributed by atoms with Crippen LogP contribution >= 0.6 is 11.6 Å². The molecule has 4 nitrogen and oxygen atoms in total. The number of hydrogen-bond acceptors (Lipinski definition) is 4. The quantitative estimate of drug-likeness (QED) is 0.481. The van der Waals surface area contributed by atoms with E-state index in [2.05, 4.69) is 47.1 Å². The van der Waals surface area contributed by atoms with Crippen molar-refractivity contribution in [3.05, 3.63) is 76.8 Å². The third-order valence-corrected chi connectivity index (χ3v) is 6.92. The van der Waals surface area contributed by atoms with Gasteiger partial charge in [0, 0.05) is 43.2 Å². The molecule has 4 rings (SSSR count). The van der Waals surface area contributed by atoms with Crippen LogP contribution in [0.1, 0.15) is 35.8 Å². The van der Waals surface area contributed by atoms with Crippen molar-refractivity contribution in [3.8, 4) is 5.75 Å². The van der Waals surface area contributed by atoms with Gasteiger partial charge >= 0.3 is 0 Å². The highest BCUT2D eigenvalue weighted by molar-refractivity contribution is 6.37. The lowest BCUT2D eigenvalue weighted by atomic mass is 9.99. The Bertz CT molecular complexity index is 1060. The van der Waals surface area contributed by atoms with E-state index in [1.165, 1.54) is 5.56 Å². The maximum Gasteiger partial charge on any atom is 0.179 e. The highest BCUT2D eigenvalue weighted by Gasteiger charge is 2.28. The van der Waals surface area contributed by atoms with E-state index < -0.39 is 0 Å². The lowest BCUT2D eigenvalue weighted by molar-refractivity contribution is 0.0617. The van der Waals surface area contributed by atoms with Gasteiger partial charge in [0.05, 0.1) is 18.2 Å². The van der Waals surface area contributed by atoms with E-state index in [1.54, 1.807) is 7.11 Å². The number of ether oxygens (including phenoxy) is 1. The van der Waals surface area contributed by atoms with Crippen molar-refractivity contribution in [2.75, 3.05) is 33.3 Å². The standard InChI is InChI=1S/C26H29ClN2O2/c1-18(20-7-5-4-6-8-20)28-13-15-29(16-14-28)19(2)26(30)22-9-11-23-21(17-22)10-12-24(31-3)25(23)27/h4-12,17-19H,13-16H2,1-3H3/t18-,19?/m1/s1. The first-order chi connectivity index (χ1) is 15.0. The zero-order chi connectivity index (χ0) is 22.0. The summed E-state index contributed by atoms with van der Waals surface area (Å²) in [6, 6.07) is 20.4. The molecule has 0 bridgehead atoms. The van der Waals surface area contributed by atoms with E-state index in [0.29, 0.717) is 16.8 Å². The van der Waals surface area contributed by atoms with Gasteiger partial charge in [-0.25, -0.2) is 0 Å². The summed E-state index contributed by atoms with van der Waals surface area (Å²) < 4.78 is 5.29. The Morgan fingerprint density at radius 1 is 0.935 bits per heavy atom. The molecule has 2 atom stereocenters. The fourth-order valence-electron chi connectivity index (χ4n) is 4.44. The molecule has 1 aliphatic rings. The molecule has 0 N–H and O–H groups in total. The first-order valence-electron chi connectivity index (χ1n) is 10.8. The molecular formula is C26H29ClN2O2. The first-order valence-corrected chi connectivity index (χ1v) is 11.2. The summed E-state index contributed by atoms with van der Waals surface area (Å²) in [5.74, 6) is 0.794. The van der Waals surface area contributed by atoms with Crippen molar-refractivity contribution in [1.29, 1.82) is 0 Å². The van der Waals surface area contributed by atoms with Gasteiger partial charge in [-0.2, -0.15) is 0 Å². The maximum absolute atomic E-state index is 13.2. The number of methoxy groups -OCH3 is 1. The van der Waals surface area contributed by atoms with E-state index in [9.17, 15) is 4.79 Å². The van der Waals surface area contributed by atoms with Gasteiger partial charge in [-0.1, -0.05) is 60.1 Å². The van der Waals surface area contributed by atoms with Gasteiger partial charge in [0.25, 0.3) is 0 Å². The van der Waals surface area contributed by atoms with Crippen LogP contribution in [0, 0.1) is 0 Å². The van der Waals surface area contributed by atoms with Gasteiger partial charge in [-0.15, -0.1) is 0 Å². The van der Waals surface area contributed by atoms with Crippen LogP contribution < -0.4 is 4.74 Å². The fraction of sp³-hybridized carbons (Fsp3) is 0.346. The Balaban J connectivity index is 1.43. The number of benzene rings is 3. The molecular weight excluding hydrogens is 408 g/mol. The second kappa shape index (κ2) is 9.39. The number of piperazine rings is 1. The summed E-state index contributed by atoms with van der Waals surface area (Å²) in [4.78, 5) is 18.0. The maximum atomic E-state index is 13.2. The van der Waals surface area contributed by atoms with Crippen LogP contribution in [0.15, 0.2) is 60.7 Å². The van der Waals surface area contributed by atoms with Gasteiger partial charge in [-0.3, -0.25) is 14.6 Å². The molecule has 1 heterocycles. The lowest BCUT2D eigenvalue weighted by Gasteiger charge is -2.40. The Morgan fingerprint density at radius 3 is 2.29 bits per heavy atom. The topological polar surface area (TPSA) is 32.8 Å². The van der Waals surface area contributed by atoms with Crippen molar-refractivity contribution < 1.29 is 9.53 Å². The van der Waals surface area contributed by atoms with E-state index in [4.69, 9.17) is 16.3 Å². The summed E-state index contributed by atoms with van der Waals surface area (Å²) in [7, 11) is 1.60. The Kier molecular flexibility index (Phi) is 6.61. The largest absolute Gasteiger partial charge is 0.495 e. The van der Waals surface area contributed by atoms with Crippen molar-refractivity contribution in [1.82, 2.24) is 9.80 Å². The summed E-state index contributed by atoms with van der Waals surface area (Å²) in [5, 5.41) is 2.43. The zero-order valence-corrected chi connectivity index (χ0v) is 19.1. The van der Waals surface area contributed by atoms with E-state index >= 15 is 0 Å². The highest BCUT2D eigenvalue weighted by Crippen LogP contribution is 2.33. The van der Waals surface area contributed by atoms with Gasteiger partial charge in [0.2, 0.25) is 0 Å². The number of nitrogens with zero attached hydrogens (tertiary/aromatic N) is 2. The molecule has 5 heteroatoms. The van der Waals surface area contributed by atoms with E-state index in [1.807, 2.05) is 37.3 Å². The lowest BCUT2D eigenvalue weighted by Crippen LogP contribution is -2.52. The number of Topliss-reactive ketones (excluding diaryl/α,β-unsaturated/α-hetero) is 1. The number of halogens is 1. The SMILES string of the molecule is COc1ccc2cc(C(=O)C(C)N3CCN([C@H](C)c4ccccc4)CC3)ccc2c1Cl. The van der Waals surface area contributed by atoms with Crippen LogP contribution in [-0.2, 0) is 0 Å². The minimum Gasteiger partial charge on any atom is -0.495 e. The average Bonchev–Trinajstić information content (AvgIpc) is 2.83. The number of fused-ring (bicyclic) bond motifs is 1. The Labute approximate surface area is 189 Å². The normalized spacial score (nSPS) is 17.4. The van der Waals surface area contributed by atoms with Crippen LogP contribution in [0.5, 0.6) is 5.75 Å². The van der Waals surface area contributed by atoms with Gasteiger partial charge in [-0.05, 0) is 36.9 Å². The summed E-state index contributed by atoms with van der Waals surface area (Å²) >= 11 is 6.42. The van der Waals surface area contributed by atoms with Crippen LogP contribution in [0.25, 0.3) is 10.8 Å². The predicted octanol–water partition coefficient (Wildman–Crippen LogP) is 5.45. The zero-order valence-electron chi connectivity index (χ0n) is 18.3. The molecule has 3 aromatic carbocycles. The molecule has 0 radical (unpaired) electrons. The van der Waals surface area contributed by atoms with Crippen molar-refractivity contribution in [2.24, 2.45) is 0 Å². The van der Waals surface area contributed by atoms with E-state index in [-0.39, 0.29) is 11.8 Å². The molecule has 3 aromatic rings. The summed E-state index contributed by atoms with van der Waals surface area (Å²) in [6.45, 7) is 7.97. The average molecular weight is 437 g/mol. The number of rotatable bonds is 6.